The minimum Gasteiger partial charge on any atom is -0.380 e. The Morgan fingerprint density at radius 3 is 2.58 bits per heavy atom. The fourth-order valence-electron chi connectivity index (χ4n) is 3.26. The maximum Gasteiger partial charge on any atom is 0.0602 e. The smallest absolute Gasteiger partial charge is 0.0602 e. The van der Waals surface area contributed by atoms with Gasteiger partial charge in [0.25, 0.3) is 0 Å². The highest BCUT2D eigenvalue weighted by Gasteiger charge is 2.30. The van der Waals surface area contributed by atoms with Crippen LogP contribution in [0, 0.1) is 5.92 Å². The minimum absolute atomic E-state index is 0.672. The van der Waals surface area contributed by atoms with Crippen LogP contribution < -0.4 is 10.2 Å². The Bertz CT molecular complexity index is 405. The molecular weight excluding hydrogens is 232 g/mol. The molecule has 0 spiro atoms. The number of hydrogen-bond acceptors (Lipinski definition) is 2. The van der Waals surface area contributed by atoms with Gasteiger partial charge in [0.2, 0.25) is 0 Å². The largest absolute Gasteiger partial charge is 0.380 e. The van der Waals surface area contributed by atoms with E-state index in [2.05, 4.69) is 41.4 Å². The predicted octanol–water partition coefficient (Wildman–Crippen LogP) is 4.28. The van der Waals surface area contributed by atoms with Crippen LogP contribution in [0.1, 0.15) is 45.4 Å². The van der Waals surface area contributed by atoms with E-state index in [0.29, 0.717) is 6.04 Å². The third kappa shape index (κ3) is 3.05. The van der Waals surface area contributed by atoms with Crippen molar-refractivity contribution in [3.8, 4) is 0 Å². The molecule has 1 aliphatic heterocycles. The van der Waals surface area contributed by atoms with Gasteiger partial charge in [-0.05, 0) is 56.6 Å². The topological polar surface area (TPSA) is 15.3 Å². The van der Waals surface area contributed by atoms with E-state index >= 15 is 0 Å². The van der Waals surface area contributed by atoms with Crippen molar-refractivity contribution in [2.24, 2.45) is 5.92 Å². The van der Waals surface area contributed by atoms with Crippen molar-refractivity contribution in [1.29, 1.82) is 0 Å². The van der Waals surface area contributed by atoms with Crippen LogP contribution in [0.15, 0.2) is 24.3 Å². The molecule has 2 fully saturated rings. The Labute approximate surface area is 117 Å². The van der Waals surface area contributed by atoms with Crippen LogP contribution in [0.4, 0.5) is 11.4 Å². The highest BCUT2D eigenvalue weighted by Crippen LogP contribution is 2.37. The Hall–Kier alpha value is -1.18. The Morgan fingerprint density at radius 2 is 1.89 bits per heavy atom. The van der Waals surface area contributed by atoms with Crippen LogP contribution >= 0.6 is 0 Å². The molecule has 0 radical (unpaired) electrons. The first-order valence-corrected chi connectivity index (χ1v) is 7.99. The summed E-state index contributed by atoms with van der Waals surface area (Å²) in [6.45, 7) is 4.75. The molecular formula is C17H26N2. The van der Waals surface area contributed by atoms with Crippen molar-refractivity contribution in [3.63, 3.8) is 0 Å². The van der Waals surface area contributed by atoms with Crippen molar-refractivity contribution in [3.05, 3.63) is 24.3 Å². The van der Waals surface area contributed by atoms with E-state index in [1.165, 1.54) is 63.0 Å². The molecule has 0 aromatic heterocycles. The second-order valence-electron chi connectivity index (χ2n) is 6.06. The zero-order valence-electron chi connectivity index (χ0n) is 12.1. The molecule has 2 nitrogen and oxygen atoms in total. The monoisotopic (exact) mass is 258 g/mol. The molecule has 19 heavy (non-hydrogen) atoms. The highest BCUT2D eigenvalue weighted by molar-refractivity contribution is 5.70. The summed E-state index contributed by atoms with van der Waals surface area (Å²) in [6.07, 6.45) is 8.14. The third-order valence-corrected chi connectivity index (χ3v) is 4.57. The molecule has 0 bridgehead atoms. The van der Waals surface area contributed by atoms with Crippen LogP contribution in [-0.2, 0) is 0 Å². The lowest BCUT2D eigenvalue weighted by molar-refractivity contribution is 0.576. The summed E-state index contributed by atoms with van der Waals surface area (Å²) in [7, 11) is 0. The molecule has 0 amide bonds. The number of piperidine rings is 1. The van der Waals surface area contributed by atoms with Gasteiger partial charge in [0.15, 0.2) is 0 Å². The average molecular weight is 258 g/mol. The molecule has 2 aliphatic rings. The van der Waals surface area contributed by atoms with E-state index in [-0.39, 0.29) is 0 Å². The first kappa shape index (κ1) is 12.8. The van der Waals surface area contributed by atoms with Gasteiger partial charge in [0, 0.05) is 19.1 Å². The van der Waals surface area contributed by atoms with Gasteiger partial charge in [-0.2, -0.15) is 0 Å². The maximum absolute atomic E-state index is 3.81. The lowest BCUT2D eigenvalue weighted by Crippen LogP contribution is -2.31. The zero-order chi connectivity index (χ0) is 13.1. The molecule has 1 aromatic carbocycles. The van der Waals surface area contributed by atoms with E-state index < -0.39 is 0 Å². The zero-order valence-corrected chi connectivity index (χ0v) is 12.1. The molecule has 1 saturated carbocycles. The van der Waals surface area contributed by atoms with Crippen LogP contribution in [0.2, 0.25) is 0 Å². The highest BCUT2D eigenvalue weighted by atomic mass is 15.2. The summed E-state index contributed by atoms with van der Waals surface area (Å²) in [5.41, 5.74) is 2.77. The molecule has 1 N–H and O–H groups in total. The maximum atomic E-state index is 3.81. The summed E-state index contributed by atoms with van der Waals surface area (Å²) in [5, 5.41) is 3.81. The number of benzene rings is 1. The summed E-state index contributed by atoms with van der Waals surface area (Å²) >= 11 is 0. The van der Waals surface area contributed by atoms with Crippen LogP contribution in [0.3, 0.4) is 0 Å². The van der Waals surface area contributed by atoms with Crippen molar-refractivity contribution < 1.29 is 0 Å². The molecule has 1 unspecified atom stereocenters. The molecule has 1 heterocycles. The first-order chi connectivity index (χ1) is 9.38. The van der Waals surface area contributed by atoms with E-state index in [1.54, 1.807) is 0 Å². The summed E-state index contributed by atoms with van der Waals surface area (Å²) < 4.78 is 0. The summed E-state index contributed by atoms with van der Waals surface area (Å²) in [4.78, 5) is 2.56. The van der Waals surface area contributed by atoms with Crippen LogP contribution in [0.5, 0.6) is 0 Å². The van der Waals surface area contributed by atoms with Crippen molar-refractivity contribution in [1.82, 2.24) is 0 Å². The number of rotatable bonds is 5. The van der Waals surface area contributed by atoms with Gasteiger partial charge in [-0.25, -0.2) is 0 Å². The van der Waals surface area contributed by atoms with Crippen molar-refractivity contribution >= 4 is 11.4 Å². The van der Waals surface area contributed by atoms with E-state index in [0.717, 1.165) is 5.92 Å². The molecule has 1 atom stereocenters. The fraction of sp³-hybridized carbons (Fsp3) is 0.647. The minimum atomic E-state index is 0.672. The van der Waals surface area contributed by atoms with Gasteiger partial charge in [-0.15, -0.1) is 0 Å². The summed E-state index contributed by atoms with van der Waals surface area (Å²) in [6, 6.07) is 9.55. The Morgan fingerprint density at radius 1 is 1.16 bits per heavy atom. The molecule has 104 valence electrons. The first-order valence-electron chi connectivity index (χ1n) is 7.99. The van der Waals surface area contributed by atoms with Crippen LogP contribution in [-0.4, -0.2) is 19.1 Å². The SMILES string of the molecule is CCC(Nc1ccccc1N1CCCCC1)C1CC1. The summed E-state index contributed by atoms with van der Waals surface area (Å²) in [5.74, 6) is 0.916. The van der Waals surface area contributed by atoms with Gasteiger partial charge in [0.05, 0.1) is 11.4 Å². The Balaban J connectivity index is 1.75. The van der Waals surface area contributed by atoms with Gasteiger partial charge in [0.1, 0.15) is 0 Å². The number of nitrogens with one attached hydrogen (secondary N) is 1. The Kier molecular flexibility index (Phi) is 3.95. The standard InChI is InChI=1S/C17H26N2/c1-2-15(14-10-11-14)18-16-8-4-5-9-17(16)19-12-6-3-7-13-19/h4-5,8-9,14-15,18H,2-3,6-7,10-13H2,1H3. The third-order valence-electron chi connectivity index (χ3n) is 4.57. The van der Waals surface area contributed by atoms with Crippen molar-refractivity contribution in [2.75, 3.05) is 23.3 Å². The van der Waals surface area contributed by atoms with Gasteiger partial charge >= 0.3 is 0 Å². The van der Waals surface area contributed by atoms with E-state index in [1.807, 2.05) is 0 Å². The van der Waals surface area contributed by atoms with Gasteiger partial charge < -0.3 is 10.2 Å². The second-order valence-corrected chi connectivity index (χ2v) is 6.06. The number of anilines is 2. The number of nitrogens with zero attached hydrogens (tertiary/aromatic N) is 1. The number of para-hydroxylation sites is 2. The molecule has 3 rings (SSSR count). The predicted molar refractivity (Wildman–Crippen MR) is 82.9 cm³/mol. The average Bonchev–Trinajstić information content (AvgIpc) is 3.31. The van der Waals surface area contributed by atoms with E-state index in [4.69, 9.17) is 0 Å². The van der Waals surface area contributed by atoms with Gasteiger partial charge in [-0.3, -0.25) is 0 Å². The van der Waals surface area contributed by atoms with E-state index in [9.17, 15) is 0 Å². The van der Waals surface area contributed by atoms with Crippen molar-refractivity contribution in [2.45, 2.75) is 51.5 Å². The molecule has 1 saturated heterocycles. The molecule has 1 aliphatic carbocycles. The number of hydrogen-bond donors (Lipinski definition) is 1. The molecule has 2 heteroatoms. The van der Waals surface area contributed by atoms with Gasteiger partial charge in [-0.1, -0.05) is 19.1 Å². The molecule has 1 aromatic rings. The normalized spacial score (nSPS) is 21.2. The fourth-order valence-corrected chi connectivity index (χ4v) is 3.26. The quantitative estimate of drug-likeness (QED) is 0.848. The lowest BCUT2D eigenvalue weighted by Gasteiger charge is -2.31. The van der Waals surface area contributed by atoms with Crippen LogP contribution in [0.25, 0.3) is 0 Å². The second kappa shape index (κ2) is 5.85. The lowest BCUT2D eigenvalue weighted by atomic mass is 10.1.